The van der Waals surface area contributed by atoms with Gasteiger partial charge in [-0.3, -0.25) is 6.08 Å². The Labute approximate surface area is 321 Å². The van der Waals surface area contributed by atoms with Gasteiger partial charge in [-0.1, -0.05) is 97.1 Å². The number of hydrogen-bond donors (Lipinski definition) is 0. The van der Waals surface area contributed by atoms with Crippen LogP contribution in [0.15, 0.2) is 71.8 Å². The molecule has 0 aromatic heterocycles. The first-order chi connectivity index (χ1) is 23.9. The van der Waals surface area contributed by atoms with E-state index in [0.717, 1.165) is 36.3 Å². The number of alkyl halides is 3. The van der Waals surface area contributed by atoms with E-state index in [0.29, 0.717) is 11.3 Å². The van der Waals surface area contributed by atoms with Crippen molar-refractivity contribution in [2.24, 2.45) is 29.1 Å². The van der Waals surface area contributed by atoms with Crippen molar-refractivity contribution in [3.05, 3.63) is 118 Å². The number of rotatable bonds is 2. The van der Waals surface area contributed by atoms with Gasteiger partial charge in [0.25, 0.3) is 0 Å². The van der Waals surface area contributed by atoms with Crippen LogP contribution in [0.4, 0.5) is 13.2 Å². The van der Waals surface area contributed by atoms with Crippen LogP contribution in [0.5, 0.6) is 0 Å². The predicted octanol–water partition coefficient (Wildman–Crippen LogP) is 13.0. The number of fused-ring (bicyclic) bond motifs is 3. The summed E-state index contributed by atoms with van der Waals surface area (Å²) in [6.45, 7) is 18.1. The second-order valence-corrected chi connectivity index (χ2v) is 17.9. The minimum atomic E-state index is -4.23. The van der Waals surface area contributed by atoms with Crippen molar-refractivity contribution >= 4 is 4.21 Å². The van der Waals surface area contributed by atoms with Crippen LogP contribution < -0.4 is 0 Å². The summed E-state index contributed by atoms with van der Waals surface area (Å²) in [7, 11) is 0. The van der Waals surface area contributed by atoms with Crippen molar-refractivity contribution < 1.29 is 37.4 Å². The molecule has 0 heterocycles. The molecule has 0 spiro atoms. The fourth-order valence-electron chi connectivity index (χ4n) is 9.61. The Morgan fingerprint density at radius 1 is 0.784 bits per heavy atom. The van der Waals surface area contributed by atoms with Gasteiger partial charge in [-0.15, -0.1) is 11.1 Å². The van der Waals surface area contributed by atoms with Crippen molar-refractivity contribution in [1.82, 2.24) is 0 Å². The maximum atomic E-state index is 11.8. The molecule has 4 heteroatoms. The van der Waals surface area contributed by atoms with Crippen molar-refractivity contribution in [2.45, 2.75) is 124 Å². The maximum absolute atomic E-state index is 11.8. The first kappa shape index (κ1) is 39.9. The Bertz CT molecular complexity index is 1630. The van der Waals surface area contributed by atoms with E-state index in [-0.39, 0.29) is 10.8 Å². The zero-order valence-electron chi connectivity index (χ0n) is 32.1. The Morgan fingerprint density at radius 2 is 1.35 bits per heavy atom. The molecule has 0 N–H and O–H groups in total. The van der Waals surface area contributed by atoms with Crippen LogP contribution in [0.2, 0.25) is 0 Å². The van der Waals surface area contributed by atoms with Gasteiger partial charge in [0.2, 0.25) is 0 Å². The van der Waals surface area contributed by atoms with Gasteiger partial charge < -0.3 is 0 Å². The van der Waals surface area contributed by atoms with Crippen molar-refractivity contribution in [3.8, 4) is 11.1 Å². The van der Waals surface area contributed by atoms with E-state index in [4.69, 9.17) is 0 Å². The molecule has 4 bridgehead atoms. The molecule has 0 saturated heterocycles. The molecule has 3 aromatic carbocycles. The summed E-state index contributed by atoms with van der Waals surface area (Å²) in [6, 6.07) is 22.1. The van der Waals surface area contributed by atoms with Gasteiger partial charge in [-0.25, -0.2) is 5.57 Å². The summed E-state index contributed by atoms with van der Waals surface area (Å²) < 4.78 is 38.7. The SMILES string of the molecule is CC(C)(C)c1[c-]c2c(cc1)-c1ccc(C(C)(C)C)cc1C2.CC1=[C-]C(C)C=C1CC12CC3CC(CC(C3)C1)C2.FC(F)(F)c1cc[c-]cc1.[CH2]=[Zr]. The van der Waals surface area contributed by atoms with Crippen molar-refractivity contribution in [1.29, 1.82) is 0 Å². The van der Waals surface area contributed by atoms with E-state index in [2.05, 4.69) is 114 Å². The molecule has 1 unspecified atom stereocenters. The third-order valence-electron chi connectivity index (χ3n) is 11.6. The van der Waals surface area contributed by atoms with Gasteiger partial charge in [0.15, 0.2) is 0 Å². The fraction of sp³-hybridized carbons (Fsp3) is 0.511. The topological polar surface area (TPSA) is 0 Å². The number of allylic oxidation sites excluding steroid dienone is 4. The van der Waals surface area contributed by atoms with Crippen LogP contribution in [-0.4, -0.2) is 4.21 Å². The van der Waals surface area contributed by atoms with Gasteiger partial charge in [0.05, 0.1) is 0 Å². The number of halogens is 3. The first-order valence-corrected chi connectivity index (χ1v) is 20.5. The van der Waals surface area contributed by atoms with E-state index in [1.54, 1.807) is 44.1 Å². The minimum absolute atomic E-state index is 0.167. The molecular formula is C47H56F3Zr-3. The zero-order valence-corrected chi connectivity index (χ0v) is 34.5. The van der Waals surface area contributed by atoms with E-state index in [1.807, 2.05) is 0 Å². The third-order valence-corrected chi connectivity index (χ3v) is 11.6. The molecule has 272 valence electrons. The van der Waals surface area contributed by atoms with Crippen LogP contribution in [0.3, 0.4) is 0 Å². The second kappa shape index (κ2) is 15.6. The molecule has 4 saturated carbocycles. The Kier molecular flexibility index (Phi) is 12.2. The van der Waals surface area contributed by atoms with Gasteiger partial charge >= 0.3 is 34.6 Å². The summed E-state index contributed by atoms with van der Waals surface area (Å²) in [5, 5.41) is 0. The molecule has 6 aliphatic carbocycles. The molecule has 1 atom stereocenters. The molecule has 0 aliphatic heterocycles. The molecule has 51 heavy (non-hydrogen) atoms. The number of hydrogen-bond acceptors (Lipinski definition) is 0. The van der Waals surface area contributed by atoms with Crippen LogP contribution in [-0.2, 0) is 47.7 Å². The van der Waals surface area contributed by atoms with E-state index in [1.165, 1.54) is 81.7 Å². The molecule has 3 aromatic rings. The van der Waals surface area contributed by atoms with Crippen molar-refractivity contribution in [3.63, 3.8) is 0 Å². The summed E-state index contributed by atoms with van der Waals surface area (Å²) in [4.78, 5) is 0. The van der Waals surface area contributed by atoms with E-state index in [9.17, 15) is 13.2 Å². The van der Waals surface area contributed by atoms with Crippen LogP contribution in [0, 0.1) is 47.3 Å². The summed E-state index contributed by atoms with van der Waals surface area (Å²) in [5.41, 5.74) is 11.9. The summed E-state index contributed by atoms with van der Waals surface area (Å²) in [6.07, 6.45) is 13.5. The first-order valence-electron chi connectivity index (χ1n) is 18.8. The second-order valence-electron chi connectivity index (χ2n) is 17.9. The molecule has 4 fully saturated rings. The monoisotopic (exact) mass is 767 g/mol. The predicted molar refractivity (Wildman–Crippen MR) is 203 cm³/mol. The molecule has 0 nitrogen and oxygen atoms in total. The molecule has 0 radical (unpaired) electrons. The average molecular weight is 769 g/mol. The van der Waals surface area contributed by atoms with Crippen LogP contribution in [0.1, 0.15) is 128 Å². The fourth-order valence-corrected chi connectivity index (χ4v) is 9.61. The Hall–Kier alpha value is -2.32. The molecular weight excluding hydrogens is 713 g/mol. The van der Waals surface area contributed by atoms with E-state index < -0.39 is 11.7 Å². The Balaban J connectivity index is 0.000000153. The Morgan fingerprint density at radius 3 is 1.82 bits per heavy atom. The van der Waals surface area contributed by atoms with Crippen LogP contribution >= 0.6 is 0 Å². The standard InChI is InChI=1S/C21H25.C18H25.C7H4F3.CH2.Zr/c1-20(2,3)16-7-9-18-14(12-16)11-15-13-17(21(4,5)6)8-10-19(15)18;1-12-3-13(2)17(4-12)11-18-8-14-5-15(9-18)7-16(6-14)10-18;8-7(9,10)6-4-2-1-3-5-6;;/h7-10,12H,11H2,1-6H3;4,12,14-16H,5-11H2,1-2H3;2-5H;1H2;/q3*-1;;. The number of benzene rings is 3. The summed E-state index contributed by atoms with van der Waals surface area (Å²) >= 11 is 1.30. The van der Waals surface area contributed by atoms with E-state index >= 15 is 0 Å². The van der Waals surface area contributed by atoms with Gasteiger partial charge in [-0.05, 0) is 90.1 Å². The summed E-state index contributed by atoms with van der Waals surface area (Å²) in [5.74, 6) is 3.82. The molecule has 6 aliphatic rings. The molecule has 0 amide bonds. The molecule has 9 rings (SSSR count). The van der Waals surface area contributed by atoms with Crippen molar-refractivity contribution in [2.75, 3.05) is 0 Å². The van der Waals surface area contributed by atoms with Gasteiger partial charge in [0.1, 0.15) is 0 Å². The quantitative estimate of drug-likeness (QED) is 0.178. The normalized spacial score (nSPS) is 25.5. The average Bonchev–Trinajstić information content (AvgIpc) is 3.57. The van der Waals surface area contributed by atoms with Gasteiger partial charge in [0, 0.05) is 0 Å². The zero-order chi connectivity index (χ0) is 37.4. The third kappa shape index (κ3) is 9.62. The van der Waals surface area contributed by atoms with Crippen LogP contribution in [0.25, 0.3) is 11.1 Å². The van der Waals surface area contributed by atoms with Gasteiger partial charge in [-0.2, -0.15) is 78.9 Å².